The highest BCUT2D eigenvalue weighted by Crippen LogP contribution is 2.26. The smallest absolute Gasteiger partial charge is 0.262 e. The van der Waals surface area contributed by atoms with Crippen LogP contribution in [-0.2, 0) is 22.7 Å². The van der Waals surface area contributed by atoms with E-state index in [1.54, 1.807) is 23.6 Å². The molecule has 4 heterocycles. The number of fused-ring (bicyclic) bond motifs is 1. The van der Waals surface area contributed by atoms with Gasteiger partial charge in [0.05, 0.1) is 18.3 Å². The molecule has 4 rings (SSSR count). The van der Waals surface area contributed by atoms with E-state index in [-0.39, 0.29) is 30.3 Å². The molecule has 0 radical (unpaired) electrons. The lowest BCUT2D eigenvalue weighted by Crippen LogP contribution is -2.23. The molecule has 2 N–H and O–H groups in total. The molecule has 11 heteroatoms. The fraction of sp³-hybridized carbons (Fsp3) is 0.211. The Morgan fingerprint density at radius 3 is 2.93 bits per heavy atom. The Bertz CT molecular complexity index is 1270. The average molecular weight is 444 g/mol. The lowest BCUT2D eigenvalue weighted by molar-refractivity contribution is -0.119. The van der Waals surface area contributed by atoms with Crippen LogP contribution in [0.2, 0.25) is 0 Å². The van der Waals surface area contributed by atoms with Crippen LogP contribution in [0, 0.1) is 0 Å². The summed E-state index contributed by atoms with van der Waals surface area (Å²) in [6.07, 6.45) is 1.58. The van der Waals surface area contributed by atoms with Crippen molar-refractivity contribution in [3.8, 4) is 11.5 Å². The maximum atomic E-state index is 12.4. The quantitative estimate of drug-likeness (QED) is 0.453. The molecule has 9 nitrogen and oxygen atoms in total. The van der Waals surface area contributed by atoms with Crippen LogP contribution in [0.3, 0.4) is 0 Å². The summed E-state index contributed by atoms with van der Waals surface area (Å²) in [5, 5.41) is 9.99. The summed E-state index contributed by atoms with van der Waals surface area (Å²) in [6.45, 7) is 1.97. The zero-order chi connectivity index (χ0) is 21.1. The van der Waals surface area contributed by atoms with Crippen molar-refractivity contribution in [1.29, 1.82) is 0 Å². The van der Waals surface area contributed by atoms with Gasteiger partial charge in [-0.05, 0) is 23.6 Å². The highest BCUT2D eigenvalue weighted by molar-refractivity contribution is 7.16. The van der Waals surface area contributed by atoms with Gasteiger partial charge in [0.2, 0.25) is 11.8 Å². The third-order valence-corrected chi connectivity index (χ3v) is 5.78. The topological polar surface area (TPSA) is 119 Å². The van der Waals surface area contributed by atoms with Gasteiger partial charge >= 0.3 is 0 Å². The SMILES string of the molecule is CC(=O)NCc1ccc(-c2csc(NC(=O)CCn3cnc4sccc4c3=O)n2)o1. The third-order valence-electron chi connectivity index (χ3n) is 4.21. The van der Waals surface area contributed by atoms with E-state index in [9.17, 15) is 14.4 Å². The molecular weight excluding hydrogens is 426 g/mol. The number of thiazole rings is 1. The molecule has 154 valence electrons. The molecule has 30 heavy (non-hydrogen) atoms. The summed E-state index contributed by atoms with van der Waals surface area (Å²) < 4.78 is 7.09. The molecule has 0 bridgehead atoms. The minimum Gasteiger partial charge on any atom is -0.458 e. The second-order valence-corrected chi connectivity index (χ2v) is 8.15. The van der Waals surface area contributed by atoms with E-state index < -0.39 is 0 Å². The monoisotopic (exact) mass is 443 g/mol. The van der Waals surface area contributed by atoms with Crippen LogP contribution >= 0.6 is 22.7 Å². The summed E-state index contributed by atoms with van der Waals surface area (Å²) in [5.41, 5.74) is 0.436. The summed E-state index contributed by atoms with van der Waals surface area (Å²) >= 11 is 2.68. The fourth-order valence-corrected chi connectivity index (χ4v) is 4.16. The maximum absolute atomic E-state index is 12.4. The summed E-state index contributed by atoms with van der Waals surface area (Å²) in [5.74, 6) is 0.771. The fourth-order valence-electron chi connectivity index (χ4n) is 2.72. The van der Waals surface area contributed by atoms with E-state index in [4.69, 9.17) is 4.42 Å². The van der Waals surface area contributed by atoms with Crippen molar-refractivity contribution in [2.45, 2.75) is 26.4 Å². The normalized spacial score (nSPS) is 11.0. The molecule has 0 aliphatic rings. The molecule has 0 unspecified atom stereocenters. The number of thiophene rings is 1. The molecule has 0 aliphatic heterocycles. The van der Waals surface area contributed by atoms with E-state index in [2.05, 4.69) is 20.6 Å². The number of carbonyl (C=O) groups is 2. The second kappa shape index (κ2) is 8.59. The number of aromatic nitrogens is 3. The standard InChI is InChI=1S/C19H17N5O4S2/c1-11(25)20-8-12-2-3-15(28-12)14-9-30-19(22-14)23-16(26)4-6-24-10-21-17-13(18(24)27)5-7-29-17/h2-3,5,7,9-10H,4,6,8H2,1H3,(H,20,25)(H,22,23,26). The number of furan rings is 1. The largest absolute Gasteiger partial charge is 0.458 e. The first-order valence-corrected chi connectivity index (χ1v) is 10.8. The van der Waals surface area contributed by atoms with Gasteiger partial charge in [-0.1, -0.05) is 0 Å². The first kappa shape index (κ1) is 20.0. The zero-order valence-corrected chi connectivity index (χ0v) is 17.5. The number of aryl methyl sites for hydroxylation is 1. The van der Waals surface area contributed by atoms with Gasteiger partial charge in [0.25, 0.3) is 5.56 Å². The third kappa shape index (κ3) is 4.47. The molecule has 4 aromatic rings. The van der Waals surface area contributed by atoms with Gasteiger partial charge in [-0.2, -0.15) is 0 Å². The van der Waals surface area contributed by atoms with Crippen molar-refractivity contribution >= 4 is 49.8 Å². The maximum Gasteiger partial charge on any atom is 0.262 e. The zero-order valence-electron chi connectivity index (χ0n) is 15.9. The Morgan fingerprint density at radius 1 is 1.23 bits per heavy atom. The Balaban J connectivity index is 1.35. The van der Waals surface area contributed by atoms with Crippen molar-refractivity contribution in [3.63, 3.8) is 0 Å². The lowest BCUT2D eigenvalue weighted by atomic mass is 10.3. The van der Waals surface area contributed by atoms with E-state index in [1.807, 2.05) is 5.38 Å². The molecule has 4 aromatic heterocycles. The predicted octanol–water partition coefficient (Wildman–Crippen LogP) is 2.84. The molecule has 0 fully saturated rings. The second-order valence-electron chi connectivity index (χ2n) is 6.39. The number of hydrogen-bond donors (Lipinski definition) is 2. The van der Waals surface area contributed by atoms with Crippen LogP contribution in [-0.4, -0.2) is 26.3 Å². The van der Waals surface area contributed by atoms with Crippen LogP contribution in [0.5, 0.6) is 0 Å². The predicted molar refractivity (Wildman–Crippen MR) is 114 cm³/mol. The van der Waals surface area contributed by atoms with Crippen molar-refractivity contribution in [1.82, 2.24) is 19.9 Å². The van der Waals surface area contributed by atoms with Crippen LogP contribution in [0.1, 0.15) is 19.1 Å². The Morgan fingerprint density at radius 2 is 2.10 bits per heavy atom. The van der Waals surface area contributed by atoms with Crippen LogP contribution in [0.4, 0.5) is 5.13 Å². The number of nitrogens with one attached hydrogen (secondary N) is 2. The summed E-state index contributed by atoms with van der Waals surface area (Å²) in [7, 11) is 0. The molecule has 0 spiro atoms. The van der Waals surface area contributed by atoms with Crippen molar-refractivity contribution < 1.29 is 14.0 Å². The number of hydrogen-bond acceptors (Lipinski definition) is 8. The van der Waals surface area contributed by atoms with Crippen molar-refractivity contribution in [2.24, 2.45) is 0 Å². The minimum absolute atomic E-state index is 0.119. The molecule has 0 atom stereocenters. The number of amides is 2. The highest BCUT2D eigenvalue weighted by atomic mass is 32.1. The van der Waals surface area contributed by atoms with E-state index in [0.29, 0.717) is 39.1 Å². The Hall–Kier alpha value is -3.31. The highest BCUT2D eigenvalue weighted by Gasteiger charge is 2.12. The molecule has 0 saturated carbocycles. The van der Waals surface area contributed by atoms with Gasteiger partial charge < -0.3 is 15.1 Å². The van der Waals surface area contributed by atoms with Gasteiger partial charge in [-0.3, -0.25) is 19.0 Å². The number of anilines is 1. The van der Waals surface area contributed by atoms with Crippen LogP contribution in [0.15, 0.2) is 44.5 Å². The molecule has 0 aromatic carbocycles. The minimum atomic E-state index is -0.251. The van der Waals surface area contributed by atoms with Crippen molar-refractivity contribution in [3.05, 3.63) is 51.4 Å². The lowest BCUT2D eigenvalue weighted by Gasteiger charge is -2.05. The van der Waals surface area contributed by atoms with Crippen LogP contribution < -0.4 is 16.2 Å². The van der Waals surface area contributed by atoms with E-state index in [0.717, 1.165) is 0 Å². The molecular formula is C19H17N5O4S2. The van der Waals surface area contributed by atoms with Gasteiger partial charge in [0.15, 0.2) is 10.9 Å². The number of rotatable bonds is 7. The number of nitrogens with zero attached hydrogens (tertiary/aromatic N) is 3. The molecule has 0 aliphatic carbocycles. The summed E-state index contributed by atoms with van der Waals surface area (Å²) in [6, 6.07) is 5.26. The van der Waals surface area contributed by atoms with Gasteiger partial charge in [0.1, 0.15) is 16.3 Å². The molecule has 2 amide bonds. The van der Waals surface area contributed by atoms with Crippen LogP contribution in [0.25, 0.3) is 21.7 Å². The first-order valence-electron chi connectivity index (χ1n) is 9.01. The summed E-state index contributed by atoms with van der Waals surface area (Å²) in [4.78, 5) is 44.9. The Labute approximate surface area is 178 Å². The average Bonchev–Trinajstić information content (AvgIpc) is 3.46. The Kier molecular flexibility index (Phi) is 5.72. The van der Waals surface area contributed by atoms with Gasteiger partial charge in [0, 0.05) is 25.3 Å². The van der Waals surface area contributed by atoms with E-state index >= 15 is 0 Å². The van der Waals surface area contributed by atoms with Crippen molar-refractivity contribution in [2.75, 3.05) is 5.32 Å². The molecule has 0 saturated heterocycles. The van der Waals surface area contributed by atoms with E-state index in [1.165, 1.54) is 40.5 Å². The first-order chi connectivity index (χ1) is 14.5. The number of carbonyl (C=O) groups excluding carboxylic acids is 2. The van der Waals surface area contributed by atoms with Gasteiger partial charge in [-0.25, -0.2) is 9.97 Å². The van der Waals surface area contributed by atoms with Gasteiger partial charge in [-0.15, -0.1) is 22.7 Å².